The molecule has 106 valence electrons. The van der Waals surface area contributed by atoms with Crippen LogP contribution in [0.25, 0.3) is 0 Å². The first-order valence-corrected chi connectivity index (χ1v) is 6.01. The van der Waals surface area contributed by atoms with Crippen LogP contribution in [0.5, 0.6) is 5.75 Å². The Morgan fingerprint density at radius 1 is 1.40 bits per heavy atom. The monoisotopic (exact) mass is 275 g/mol. The predicted octanol–water partition coefficient (Wildman–Crippen LogP) is 2.38. The summed E-state index contributed by atoms with van der Waals surface area (Å²) in [5, 5.41) is 11.9. The van der Waals surface area contributed by atoms with Gasteiger partial charge < -0.3 is 15.2 Å². The number of nitrogens with one attached hydrogen (secondary N) is 1. The molecule has 0 aliphatic rings. The standard InChI is InChI=1S/C15H17NO4/c1-5-9-20-11-8-6-7-10(12(11)13(17)18)16-14(19)15(2,3)4/h1,6-8H,9H2,2-4H3,(H,16,19)(H,17,18). The zero-order valence-corrected chi connectivity index (χ0v) is 11.7. The third kappa shape index (κ3) is 3.75. The molecule has 0 aliphatic heterocycles. The number of carbonyl (C=O) groups is 2. The molecule has 1 aromatic carbocycles. The fourth-order valence-electron chi connectivity index (χ4n) is 1.41. The van der Waals surface area contributed by atoms with Crippen LogP contribution in [-0.4, -0.2) is 23.6 Å². The maximum atomic E-state index is 12.0. The SMILES string of the molecule is C#CCOc1cccc(NC(=O)C(C)(C)C)c1C(=O)O. The summed E-state index contributed by atoms with van der Waals surface area (Å²) in [5.74, 6) is 0.915. The fraction of sp³-hybridized carbons (Fsp3) is 0.333. The average molecular weight is 275 g/mol. The molecule has 0 saturated carbocycles. The number of amides is 1. The molecule has 5 nitrogen and oxygen atoms in total. The molecular formula is C15H17NO4. The van der Waals surface area contributed by atoms with E-state index in [9.17, 15) is 14.7 Å². The van der Waals surface area contributed by atoms with Crippen LogP contribution in [0.1, 0.15) is 31.1 Å². The summed E-state index contributed by atoms with van der Waals surface area (Å²) in [6.07, 6.45) is 5.09. The number of benzene rings is 1. The Hall–Kier alpha value is -2.48. The predicted molar refractivity (Wildman–Crippen MR) is 75.8 cm³/mol. The normalized spacial score (nSPS) is 10.5. The Balaban J connectivity index is 3.17. The van der Waals surface area contributed by atoms with Crippen molar-refractivity contribution in [2.75, 3.05) is 11.9 Å². The number of terminal acetylenes is 1. The molecule has 0 radical (unpaired) electrons. The van der Waals surface area contributed by atoms with Gasteiger partial charge in [0.1, 0.15) is 17.9 Å². The number of anilines is 1. The van der Waals surface area contributed by atoms with E-state index >= 15 is 0 Å². The van der Waals surface area contributed by atoms with E-state index in [1.165, 1.54) is 12.1 Å². The van der Waals surface area contributed by atoms with Gasteiger partial charge in [0.05, 0.1) is 5.69 Å². The Morgan fingerprint density at radius 2 is 2.05 bits per heavy atom. The first-order valence-electron chi connectivity index (χ1n) is 6.01. The van der Waals surface area contributed by atoms with E-state index < -0.39 is 11.4 Å². The lowest BCUT2D eigenvalue weighted by Crippen LogP contribution is -2.28. The van der Waals surface area contributed by atoms with Gasteiger partial charge in [0, 0.05) is 5.41 Å². The summed E-state index contributed by atoms with van der Waals surface area (Å²) in [6.45, 7) is 5.17. The molecule has 5 heteroatoms. The van der Waals surface area contributed by atoms with Crippen molar-refractivity contribution in [2.45, 2.75) is 20.8 Å². The third-order valence-electron chi connectivity index (χ3n) is 2.48. The van der Waals surface area contributed by atoms with Gasteiger partial charge in [-0.25, -0.2) is 4.79 Å². The zero-order valence-electron chi connectivity index (χ0n) is 11.7. The molecule has 0 unspecified atom stereocenters. The smallest absolute Gasteiger partial charge is 0.341 e. The number of carboxylic acids is 1. The Morgan fingerprint density at radius 3 is 2.55 bits per heavy atom. The van der Waals surface area contributed by atoms with E-state index in [4.69, 9.17) is 11.2 Å². The van der Waals surface area contributed by atoms with Crippen LogP contribution in [0.4, 0.5) is 5.69 Å². The molecule has 1 aromatic rings. The summed E-state index contributed by atoms with van der Waals surface area (Å²) >= 11 is 0. The second-order valence-corrected chi connectivity index (χ2v) is 5.18. The van der Waals surface area contributed by atoms with Gasteiger partial charge in [0.15, 0.2) is 0 Å². The van der Waals surface area contributed by atoms with Gasteiger partial charge in [-0.1, -0.05) is 32.8 Å². The van der Waals surface area contributed by atoms with Crippen LogP contribution in [0.15, 0.2) is 18.2 Å². The fourth-order valence-corrected chi connectivity index (χ4v) is 1.41. The van der Waals surface area contributed by atoms with Crippen molar-refractivity contribution >= 4 is 17.6 Å². The highest BCUT2D eigenvalue weighted by atomic mass is 16.5. The van der Waals surface area contributed by atoms with Crippen molar-refractivity contribution in [1.29, 1.82) is 0 Å². The molecule has 0 aliphatic carbocycles. The third-order valence-corrected chi connectivity index (χ3v) is 2.48. The minimum atomic E-state index is -1.19. The summed E-state index contributed by atoms with van der Waals surface area (Å²) < 4.78 is 5.19. The largest absolute Gasteiger partial charge is 0.480 e. The molecular weight excluding hydrogens is 258 g/mol. The number of carbonyl (C=O) groups excluding carboxylic acids is 1. The van der Waals surface area contributed by atoms with Gasteiger partial charge in [0.2, 0.25) is 5.91 Å². The van der Waals surface area contributed by atoms with E-state index in [0.29, 0.717) is 0 Å². The Labute approximate surface area is 117 Å². The summed E-state index contributed by atoms with van der Waals surface area (Å²) in [5.41, 5.74) is -0.557. The molecule has 0 spiro atoms. The second kappa shape index (κ2) is 6.11. The van der Waals surface area contributed by atoms with E-state index in [-0.39, 0.29) is 29.5 Å². The topological polar surface area (TPSA) is 75.6 Å². The van der Waals surface area contributed by atoms with Crippen LogP contribution in [0.3, 0.4) is 0 Å². The van der Waals surface area contributed by atoms with Crippen molar-refractivity contribution in [3.63, 3.8) is 0 Å². The molecule has 2 N–H and O–H groups in total. The number of aromatic carboxylic acids is 1. The zero-order chi connectivity index (χ0) is 15.3. The van der Waals surface area contributed by atoms with Gasteiger partial charge in [-0.05, 0) is 12.1 Å². The van der Waals surface area contributed by atoms with Crippen molar-refractivity contribution in [2.24, 2.45) is 5.41 Å². The van der Waals surface area contributed by atoms with Gasteiger partial charge in [-0.15, -0.1) is 6.42 Å². The van der Waals surface area contributed by atoms with E-state index in [1.807, 2.05) is 0 Å². The van der Waals surface area contributed by atoms with Crippen LogP contribution < -0.4 is 10.1 Å². The maximum Gasteiger partial charge on any atom is 0.341 e. The highest BCUT2D eigenvalue weighted by molar-refractivity contribution is 6.03. The van der Waals surface area contributed by atoms with Crippen molar-refractivity contribution < 1.29 is 19.4 Å². The second-order valence-electron chi connectivity index (χ2n) is 5.18. The number of rotatable bonds is 4. The van der Waals surface area contributed by atoms with Crippen LogP contribution in [0.2, 0.25) is 0 Å². The minimum absolute atomic E-state index is 0.0447. The average Bonchev–Trinajstić information content (AvgIpc) is 2.34. The molecule has 0 saturated heterocycles. The quantitative estimate of drug-likeness (QED) is 0.827. The lowest BCUT2D eigenvalue weighted by Gasteiger charge is -2.19. The molecule has 0 heterocycles. The molecule has 0 aromatic heterocycles. The molecule has 1 amide bonds. The van der Waals surface area contributed by atoms with Gasteiger partial charge >= 0.3 is 5.97 Å². The van der Waals surface area contributed by atoms with Crippen LogP contribution in [-0.2, 0) is 4.79 Å². The highest BCUT2D eigenvalue weighted by Gasteiger charge is 2.24. The van der Waals surface area contributed by atoms with Crippen LogP contribution in [0, 0.1) is 17.8 Å². The Bertz CT molecular complexity index is 564. The number of hydrogen-bond acceptors (Lipinski definition) is 3. The molecule has 20 heavy (non-hydrogen) atoms. The lowest BCUT2D eigenvalue weighted by molar-refractivity contribution is -0.123. The van der Waals surface area contributed by atoms with Gasteiger partial charge in [-0.2, -0.15) is 0 Å². The van der Waals surface area contributed by atoms with Crippen molar-refractivity contribution in [1.82, 2.24) is 0 Å². The van der Waals surface area contributed by atoms with Crippen molar-refractivity contribution in [3.8, 4) is 18.1 Å². The highest BCUT2D eigenvalue weighted by Crippen LogP contribution is 2.28. The summed E-state index contributed by atoms with van der Waals surface area (Å²) in [4.78, 5) is 23.3. The van der Waals surface area contributed by atoms with E-state index in [0.717, 1.165) is 0 Å². The minimum Gasteiger partial charge on any atom is -0.480 e. The van der Waals surface area contributed by atoms with Crippen LogP contribution >= 0.6 is 0 Å². The summed E-state index contributed by atoms with van der Waals surface area (Å²) in [7, 11) is 0. The number of carboxylic acid groups (broad SMARTS) is 1. The maximum absolute atomic E-state index is 12.0. The van der Waals surface area contributed by atoms with Gasteiger partial charge in [-0.3, -0.25) is 4.79 Å². The lowest BCUT2D eigenvalue weighted by atomic mass is 9.95. The molecule has 0 atom stereocenters. The summed E-state index contributed by atoms with van der Waals surface area (Å²) in [6, 6.07) is 4.60. The van der Waals surface area contributed by atoms with E-state index in [1.54, 1.807) is 26.8 Å². The molecule has 0 fully saturated rings. The number of ether oxygens (including phenoxy) is 1. The number of hydrogen-bond donors (Lipinski definition) is 2. The van der Waals surface area contributed by atoms with E-state index in [2.05, 4.69) is 11.2 Å². The molecule has 1 rings (SSSR count). The van der Waals surface area contributed by atoms with Crippen molar-refractivity contribution in [3.05, 3.63) is 23.8 Å². The first kappa shape index (κ1) is 15.6. The molecule has 0 bridgehead atoms. The van der Waals surface area contributed by atoms with Gasteiger partial charge in [0.25, 0.3) is 0 Å². The Kier molecular flexibility index (Phi) is 4.76. The first-order chi connectivity index (χ1) is 9.27.